The number of carbonyl (C=O) groups is 3. The first kappa shape index (κ1) is 24.8. The Balaban J connectivity index is 1.49. The van der Waals surface area contributed by atoms with Gasteiger partial charge in [0.1, 0.15) is 22.2 Å². The molecule has 1 atom stereocenters. The number of carbonyl (C=O) groups excluding carboxylic acids is 3. The average Bonchev–Trinajstić information content (AvgIpc) is 3.11. The molecular formula is C27H24ClN3O5. The largest absolute Gasteiger partial charge is 0.497 e. The highest BCUT2D eigenvalue weighted by atomic mass is 35.5. The van der Waals surface area contributed by atoms with Crippen molar-refractivity contribution in [1.82, 2.24) is 5.32 Å². The van der Waals surface area contributed by atoms with E-state index < -0.39 is 11.8 Å². The third kappa shape index (κ3) is 4.89. The van der Waals surface area contributed by atoms with Gasteiger partial charge in [-0.15, -0.1) is 0 Å². The SMILES string of the molecule is COc1ccc(OC)c(N2C(=O)C(Cl)=C(Nc3ccc(C(=O)NC(C)c4ccccc4)cc3)C2=O)c1. The first-order chi connectivity index (χ1) is 17.3. The molecule has 0 aromatic heterocycles. The van der Waals surface area contributed by atoms with Crippen molar-refractivity contribution in [2.24, 2.45) is 0 Å². The van der Waals surface area contributed by atoms with Crippen molar-refractivity contribution in [2.45, 2.75) is 13.0 Å². The van der Waals surface area contributed by atoms with Gasteiger partial charge in [0.2, 0.25) is 0 Å². The summed E-state index contributed by atoms with van der Waals surface area (Å²) in [6, 6.07) is 20.7. The fourth-order valence-electron chi connectivity index (χ4n) is 3.76. The number of hydrogen-bond acceptors (Lipinski definition) is 6. The van der Waals surface area contributed by atoms with E-state index in [-0.39, 0.29) is 28.4 Å². The molecule has 3 aromatic rings. The Morgan fingerprint density at radius 1 is 0.917 bits per heavy atom. The number of methoxy groups -OCH3 is 2. The summed E-state index contributed by atoms with van der Waals surface area (Å²) < 4.78 is 10.5. The van der Waals surface area contributed by atoms with Gasteiger partial charge in [0.25, 0.3) is 17.7 Å². The van der Waals surface area contributed by atoms with Crippen molar-refractivity contribution in [3.05, 3.63) is 94.7 Å². The minimum absolute atomic E-state index is 0.0820. The van der Waals surface area contributed by atoms with Gasteiger partial charge in [0, 0.05) is 17.3 Å². The van der Waals surface area contributed by atoms with Crippen molar-refractivity contribution >= 4 is 40.7 Å². The Morgan fingerprint density at radius 2 is 1.61 bits per heavy atom. The number of anilines is 2. The van der Waals surface area contributed by atoms with Crippen LogP contribution in [0.1, 0.15) is 28.9 Å². The molecule has 0 saturated carbocycles. The smallest absolute Gasteiger partial charge is 0.283 e. The Hall–Kier alpha value is -4.30. The zero-order chi connectivity index (χ0) is 25.8. The highest BCUT2D eigenvalue weighted by molar-refractivity contribution is 6.53. The Kier molecular flexibility index (Phi) is 7.26. The molecule has 0 spiro atoms. The highest BCUT2D eigenvalue weighted by Gasteiger charge is 2.40. The predicted octanol–water partition coefficient (Wildman–Crippen LogP) is 4.63. The third-order valence-corrected chi connectivity index (χ3v) is 6.07. The summed E-state index contributed by atoms with van der Waals surface area (Å²) >= 11 is 6.25. The standard InChI is InChI=1S/C27H24ClN3O5/c1-16(17-7-5-4-6-8-17)29-25(32)18-9-11-19(12-10-18)30-24-23(28)26(33)31(27(24)34)21-15-20(35-2)13-14-22(21)36-3/h4-16,30H,1-3H3,(H,29,32). The van der Waals surface area contributed by atoms with Crippen LogP contribution in [0.5, 0.6) is 11.5 Å². The predicted molar refractivity (Wildman–Crippen MR) is 137 cm³/mol. The average molecular weight is 506 g/mol. The van der Waals surface area contributed by atoms with Gasteiger partial charge in [0.05, 0.1) is 25.9 Å². The van der Waals surface area contributed by atoms with Crippen LogP contribution in [0.15, 0.2) is 83.5 Å². The molecule has 2 N–H and O–H groups in total. The second-order valence-corrected chi connectivity index (χ2v) is 8.36. The second kappa shape index (κ2) is 10.5. The van der Waals surface area contributed by atoms with Crippen LogP contribution in [-0.2, 0) is 9.59 Å². The van der Waals surface area contributed by atoms with Gasteiger partial charge in [-0.25, -0.2) is 4.90 Å². The summed E-state index contributed by atoms with van der Waals surface area (Å²) in [5.74, 6) is -0.821. The molecule has 8 nitrogen and oxygen atoms in total. The molecule has 3 aromatic carbocycles. The van der Waals surface area contributed by atoms with Gasteiger partial charge in [-0.3, -0.25) is 14.4 Å². The lowest BCUT2D eigenvalue weighted by atomic mass is 10.1. The fraction of sp³-hybridized carbons (Fsp3) is 0.148. The van der Waals surface area contributed by atoms with Crippen LogP contribution in [0.3, 0.4) is 0 Å². The topological polar surface area (TPSA) is 97.0 Å². The molecule has 9 heteroatoms. The number of nitrogens with one attached hydrogen (secondary N) is 2. The third-order valence-electron chi connectivity index (χ3n) is 5.72. The van der Waals surface area contributed by atoms with Crippen LogP contribution in [-0.4, -0.2) is 31.9 Å². The van der Waals surface area contributed by atoms with Gasteiger partial charge >= 0.3 is 0 Å². The van der Waals surface area contributed by atoms with E-state index in [1.807, 2.05) is 37.3 Å². The van der Waals surface area contributed by atoms with E-state index in [0.717, 1.165) is 10.5 Å². The Labute approximate surface area is 213 Å². The quantitative estimate of drug-likeness (QED) is 0.433. The maximum Gasteiger partial charge on any atom is 0.283 e. The zero-order valence-electron chi connectivity index (χ0n) is 19.9. The maximum atomic E-state index is 13.2. The van der Waals surface area contributed by atoms with Crippen molar-refractivity contribution in [1.29, 1.82) is 0 Å². The first-order valence-electron chi connectivity index (χ1n) is 11.1. The lowest BCUT2D eigenvalue weighted by molar-refractivity contribution is -0.120. The first-order valence-corrected chi connectivity index (χ1v) is 11.4. The van der Waals surface area contributed by atoms with Crippen LogP contribution >= 0.6 is 11.6 Å². The monoisotopic (exact) mass is 505 g/mol. The van der Waals surface area contributed by atoms with Gasteiger partial charge < -0.3 is 20.1 Å². The van der Waals surface area contributed by atoms with Crippen molar-refractivity contribution < 1.29 is 23.9 Å². The minimum atomic E-state index is -0.693. The molecule has 0 radical (unpaired) electrons. The van der Waals surface area contributed by atoms with Crippen LogP contribution in [0, 0.1) is 0 Å². The molecule has 1 aliphatic heterocycles. The minimum Gasteiger partial charge on any atom is -0.497 e. The van der Waals surface area contributed by atoms with Crippen LogP contribution in [0.4, 0.5) is 11.4 Å². The van der Waals surface area contributed by atoms with Crippen molar-refractivity contribution in [3.63, 3.8) is 0 Å². The number of rotatable bonds is 8. The van der Waals surface area contributed by atoms with E-state index in [4.69, 9.17) is 21.1 Å². The number of benzene rings is 3. The van der Waals surface area contributed by atoms with Gasteiger partial charge in [-0.1, -0.05) is 41.9 Å². The normalized spacial score (nSPS) is 14.1. The van der Waals surface area contributed by atoms with Crippen molar-refractivity contribution in [2.75, 3.05) is 24.4 Å². The van der Waals surface area contributed by atoms with Crippen LogP contribution in [0.2, 0.25) is 0 Å². The van der Waals surface area contributed by atoms with E-state index in [1.54, 1.807) is 36.4 Å². The molecule has 36 heavy (non-hydrogen) atoms. The number of hydrogen-bond donors (Lipinski definition) is 2. The van der Waals surface area contributed by atoms with E-state index in [2.05, 4.69) is 10.6 Å². The van der Waals surface area contributed by atoms with E-state index in [9.17, 15) is 14.4 Å². The van der Waals surface area contributed by atoms with E-state index >= 15 is 0 Å². The molecule has 4 rings (SSSR count). The summed E-state index contributed by atoms with van der Waals surface area (Å²) in [5, 5.41) is 5.59. The van der Waals surface area contributed by atoms with Gasteiger partial charge in [-0.05, 0) is 48.9 Å². The molecule has 1 aliphatic rings. The zero-order valence-corrected chi connectivity index (χ0v) is 20.6. The van der Waals surface area contributed by atoms with Crippen LogP contribution < -0.4 is 25.0 Å². The molecule has 0 aliphatic carbocycles. The molecule has 3 amide bonds. The van der Waals surface area contributed by atoms with Gasteiger partial charge in [0.15, 0.2) is 0 Å². The maximum absolute atomic E-state index is 13.2. The number of halogens is 1. The van der Waals surface area contributed by atoms with E-state index in [0.29, 0.717) is 22.7 Å². The fourth-order valence-corrected chi connectivity index (χ4v) is 3.97. The summed E-state index contributed by atoms with van der Waals surface area (Å²) in [4.78, 5) is 39.6. The molecule has 184 valence electrons. The van der Waals surface area contributed by atoms with Crippen molar-refractivity contribution in [3.8, 4) is 11.5 Å². The van der Waals surface area contributed by atoms with E-state index in [1.165, 1.54) is 20.3 Å². The number of nitrogens with zero attached hydrogens (tertiary/aromatic N) is 1. The molecule has 0 saturated heterocycles. The number of amides is 3. The molecule has 0 bridgehead atoms. The summed E-state index contributed by atoms with van der Waals surface area (Å²) in [6.07, 6.45) is 0. The molecule has 1 heterocycles. The van der Waals surface area contributed by atoms with Crippen LogP contribution in [0.25, 0.3) is 0 Å². The molecule has 1 unspecified atom stereocenters. The summed E-state index contributed by atoms with van der Waals surface area (Å²) in [6.45, 7) is 1.91. The Morgan fingerprint density at radius 3 is 2.25 bits per heavy atom. The highest BCUT2D eigenvalue weighted by Crippen LogP contribution is 2.37. The molecular weight excluding hydrogens is 482 g/mol. The summed E-state index contributed by atoms with van der Waals surface area (Å²) in [7, 11) is 2.91. The second-order valence-electron chi connectivity index (χ2n) is 7.98. The lowest BCUT2D eigenvalue weighted by Gasteiger charge is -2.19. The van der Waals surface area contributed by atoms with Gasteiger partial charge in [-0.2, -0.15) is 0 Å². The molecule has 0 fully saturated rings. The number of ether oxygens (including phenoxy) is 2. The lowest BCUT2D eigenvalue weighted by Crippen LogP contribution is -2.32. The summed E-state index contributed by atoms with van der Waals surface area (Å²) in [5.41, 5.74) is 2.05. The Bertz CT molecular complexity index is 1340. The number of imide groups is 1.